The number of nitrogens with zero attached hydrogens (tertiary/aromatic N) is 1. The lowest BCUT2D eigenvalue weighted by atomic mass is 9.90. The molecule has 31 heavy (non-hydrogen) atoms. The lowest BCUT2D eigenvalue weighted by Crippen LogP contribution is -2.30. The fourth-order valence-electron chi connectivity index (χ4n) is 3.48. The highest BCUT2D eigenvalue weighted by atomic mass is 32.2. The number of amides is 1. The molecule has 0 aromatic heterocycles. The molecule has 164 valence electrons. The van der Waals surface area contributed by atoms with E-state index in [4.69, 9.17) is 0 Å². The van der Waals surface area contributed by atoms with Gasteiger partial charge in [-0.1, -0.05) is 19.3 Å². The molecule has 0 radical (unpaired) electrons. The Morgan fingerprint density at radius 2 is 1.68 bits per heavy atom. The summed E-state index contributed by atoms with van der Waals surface area (Å²) < 4.78 is 27.7. The molecule has 0 spiro atoms. The summed E-state index contributed by atoms with van der Waals surface area (Å²) in [7, 11) is -3.59. The van der Waals surface area contributed by atoms with Crippen molar-refractivity contribution in [3.05, 3.63) is 70.3 Å². The van der Waals surface area contributed by atoms with Crippen LogP contribution in [0.4, 0.5) is 11.4 Å². The monoisotopic (exact) mass is 443 g/mol. The van der Waals surface area contributed by atoms with E-state index in [1.54, 1.807) is 12.1 Å². The maximum Gasteiger partial charge on any atom is 0.269 e. The van der Waals surface area contributed by atoms with Crippen LogP contribution in [0.5, 0.6) is 0 Å². The molecule has 8 nitrogen and oxygen atoms in total. The van der Waals surface area contributed by atoms with Crippen LogP contribution in [-0.4, -0.2) is 25.8 Å². The Hall–Kier alpha value is -3.04. The first-order chi connectivity index (χ1) is 14.8. The molecule has 9 heteroatoms. The number of hydrogen-bond donors (Lipinski definition) is 2. The van der Waals surface area contributed by atoms with Crippen LogP contribution in [0.2, 0.25) is 0 Å². The van der Waals surface area contributed by atoms with Gasteiger partial charge in [0.15, 0.2) is 0 Å². The minimum Gasteiger partial charge on any atom is -0.323 e. The molecule has 1 fully saturated rings. The van der Waals surface area contributed by atoms with Gasteiger partial charge in [0.25, 0.3) is 5.69 Å². The molecule has 0 unspecified atom stereocenters. The molecule has 2 aromatic rings. The molecule has 1 saturated carbocycles. The van der Waals surface area contributed by atoms with E-state index in [9.17, 15) is 23.3 Å². The third kappa shape index (κ3) is 6.73. The van der Waals surface area contributed by atoms with E-state index in [0.717, 1.165) is 25.7 Å². The average Bonchev–Trinajstić information content (AvgIpc) is 2.78. The van der Waals surface area contributed by atoms with E-state index in [0.29, 0.717) is 23.7 Å². The smallest absolute Gasteiger partial charge is 0.269 e. The molecule has 0 heterocycles. The van der Waals surface area contributed by atoms with Crippen LogP contribution in [0.1, 0.15) is 37.7 Å². The predicted molar refractivity (Wildman–Crippen MR) is 119 cm³/mol. The van der Waals surface area contributed by atoms with Gasteiger partial charge in [0.2, 0.25) is 15.9 Å². The first-order valence-corrected chi connectivity index (χ1v) is 11.6. The Morgan fingerprint density at radius 3 is 2.29 bits per heavy atom. The highest BCUT2D eigenvalue weighted by Gasteiger charge is 2.18. The van der Waals surface area contributed by atoms with Gasteiger partial charge in [0.1, 0.15) is 0 Å². The summed E-state index contributed by atoms with van der Waals surface area (Å²) >= 11 is 0. The Balaban J connectivity index is 1.54. The summed E-state index contributed by atoms with van der Waals surface area (Å²) in [4.78, 5) is 22.4. The van der Waals surface area contributed by atoms with Crippen LogP contribution in [0.3, 0.4) is 0 Å². The van der Waals surface area contributed by atoms with E-state index >= 15 is 0 Å². The molecule has 1 aliphatic carbocycles. The standard InChI is InChI=1S/C22H25N3O5S/c26-22(15-8-17-6-11-20(12-7-17)25(27)28)24-19-9-13-21(14-10-19)31(29,30)23-16-18-4-2-1-3-5-18/h6-15,18,23H,1-5,16H2,(H,24,26)/b15-8+. The summed E-state index contributed by atoms with van der Waals surface area (Å²) in [6.45, 7) is 0.453. The number of sulfonamides is 1. The van der Waals surface area contributed by atoms with Crippen molar-refractivity contribution in [1.82, 2.24) is 4.72 Å². The molecule has 1 amide bonds. The Morgan fingerprint density at radius 1 is 1.03 bits per heavy atom. The lowest BCUT2D eigenvalue weighted by molar-refractivity contribution is -0.384. The van der Waals surface area contributed by atoms with Crippen molar-refractivity contribution in [3.63, 3.8) is 0 Å². The molecule has 0 aliphatic heterocycles. The predicted octanol–water partition coefficient (Wildman–Crippen LogP) is 4.11. The summed E-state index contributed by atoms with van der Waals surface area (Å²) in [5.41, 5.74) is 1.08. The van der Waals surface area contributed by atoms with Crippen LogP contribution in [0, 0.1) is 16.0 Å². The van der Waals surface area contributed by atoms with Crippen molar-refractivity contribution in [2.75, 3.05) is 11.9 Å². The highest BCUT2D eigenvalue weighted by molar-refractivity contribution is 7.89. The largest absolute Gasteiger partial charge is 0.323 e. The molecular formula is C22H25N3O5S. The normalized spacial score (nSPS) is 15.1. The number of anilines is 1. The van der Waals surface area contributed by atoms with Gasteiger partial charge in [-0.05, 0) is 66.8 Å². The summed E-state index contributed by atoms with van der Waals surface area (Å²) in [5.74, 6) is -0.00555. The van der Waals surface area contributed by atoms with Crippen LogP contribution in [0.15, 0.2) is 59.5 Å². The Kier molecular flexibility index (Phi) is 7.54. The second-order valence-corrected chi connectivity index (χ2v) is 9.32. The lowest BCUT2D eigenvalue weighted by Gasteiger charge is -2.21. The second kappa shape index (κ2) is 10.3. The number of non-ortho nitro benzene ring substituents is 1. The van der Waals surface area contributed by atoms with E-state index in [1.807, 2.05) is 0 Å². The van der Waals surface area contributed by atoms with Gasteiger partial charge < -0.3 is 5.32 Å². The van der Waals surface area contributed by atoms with E-state index in [1.165, 1.54) is 55.0 Å². The van der Waals surface area contributed by atoms with Crippen LogP contribution < -0.4 is 10.0 Å². The third-order valence-electron chi connectivity index (χ3n) is 5.25. The average molecular weight is 444 g/mol. The molecule has 3 rings (SSSR count). The minimum atomic E-state index is -3.59. The minimum absolute atomic E-state index is 0.0233. The number of nitrogens with one attached hydrogen (secondary N) is 2. The fraction of sp³-hybridized carbons (Fsp3) is 0.318. The molecule has 1 aliphatic rings. The number of carbonyl (C=O) groups excluding carboxylic acids is 1. The van der Waals surface area contributed by atoms with E-state index < -0.39 is 20.9 Å². The summed E-state index contributed by atoms with van der Waals surface area (Å²) in [6.07, 6.45) is 8.48. The molecule has 2 aromatic carbocycles. The number of benzene rings is 2. The molecule has 0 saturated heterocycles. The van der Waals surface area contributed by atoms with Gasteiger partial charge in [0.05, 0.1) is 9.82 Å². The van der Waals surface area contributed by atoms with Gasteiger partial charge in [-0.3, -0.25) is 14.9 Å². The zero-order chi connectivity index (χ0) is 22.3. The Labute approximate surface area is 181 Å². The first kappa shape index (κ1) is 22.6. The highest BCUT2D eigenvalue weighted by Crippen LogP contribution is 2.23. The maximum absolute atomic E-state index is 12.5. The van der Waals surface area contributed by atoms with Gasteiger partial charge in [-0.2, -0.15) is 0 Å². The van der Waals surface area contributed by atoms with Gasteiger partial charge in [-0.15, -0.1) is 0 Å². The zero-order valence-corrected chi connectivity index (χ0v) is 17.8. The fourth-order valence-corrected chi connectivity index (χ4v) is 4.60. The van der Waals surface area contributed by atoms with Gasteiger partial charge in [0, 0.05) is 30.4 Å². The van der Waals surface area contributed by atoms with Crippen molar-refractivity contribution in [3.8, 4) is 0 Å². The van der Waals surface area contributed by atoms with Crippen molar-refractivity contribution < 1.29 is 18.1 Å². The number of hydrogen-bond acceptors (Lipinski definition) is 5. The van der Waals surface area contributed by atoms with Gasteiger partial charge >= 0.3 is 0 Å². The number of carbonyl (C=O) groups is 1. The molecule has 0 atom stereocenters. The van der Waals surface area contributed by atoms with Gasteiger partial charge in [-0.25, -0.2) is 13.1 Å². The van der Waals surface area contributed by atoms with Crippen LogP contribution in [0.25, 0.3) is 6.08 Å². The van der Waals surface area contributed by atoms with E-state index in [2.05, 4.69) is 10.0 Å². The van der Waals surface area contributed by atoms with Crippen molar-refractivity contribution in [1.29, 1.82) is 0 Å². The SMILES string of the molecule is O=C(/C=C/c1ccc([N+](=O)[O-])cc1)Nc1ccc(S(=O)(=O)NCC2CCCCC2)cc1. The van der Waals surface area contributed by atoms with E-state index in [-0.39, 0.29) is 10.6 Å². The third-order valence-corrected chi connectivity index (χ3v) is 6.69. The second-order valence-electron chi connectivity index (χ2n) is 7.55. The van der Waals surface area contributed by atoms with Crippen molar-refractivity contribution in [2.45, 2.75) is 37.0 Å². The van der Waals surface area contributed by atoms with Crippen molar-refractivity contribution >= 4 is 33.4 Å². The summed E-state index contributed by atoms with van der Waals surface area (Å²) in [5, 5.41) is 13.3. The topological polar surface area (TPSA) is 118 Å². The number of rotatable bonds is 8. The van der Waals surface area contributed by atoms with Crippen LogP contribution in [-0.2, 0) is 14.8 Å². The zero-order valence-electron chi connectivity index (χ0n) is 17.0. The van der Waals surface area contributed by atoms with Crippen molar-refractivity contribution in [2.24, 2.45) is 5.92 Å². The maximum atomic E-state index is 12.5. The quantitative estimate of drug-likeness (QED) is 0.362. The number of nitro groups is 1. The van der Waals surface area contributed by atoms with Crippen LogP contribution >= 0.6 is 0 Å². The number of nitro benzene ring substituents is 1. The summed E-state index contributed by atoms with van der Waals surface area (Å²) in [6, 6.07) is 11.8. The Bertz CT molecular complexity index is 1040. The molecule has 0 bridgehead atoms. The molecular weight excluding hydrogens is 418 g/mol. The first-order valence-electron chi connectivity index (χ1n) is 10.2. The molecule has 2 N–H and O–H groups in total.